The highest BCUT2D eigenvalue weighted by Gasteiger charge is 2.08. The summed E-state index contributed by atoms with van der Waals surface area (Å²) in [6.45, 7) is 0. The van der Waals surface area contributed by atoms with Gasteiger partial charge >= 0.3 is 0 Å². The number of fused-ring (bicyclic) bond motifs is 1. The summed E-state index contributed by atoms with van der Waals surface area (Å²) in [7, 11) is -2.34. The first kappa shape index (κ1) is 16.2. The van der Waals surface area contributed by atoms with Crippen LogP contribution in [0.1, 0.15) is 0 Å². The van der Waals surface area contributed by atoms with Crippen LogP contribution in [0.15, 0.2) is 59.3 Å². The van der Waals surface area contributed by atoms with Gasteiger partial charge in [-0.15, -0.1) is 0 Å². The van der Waals surface area contributed by atoms with Gasteiger partial charge in [-0.05, 0) is 42.3 Å². The number of benzene rings is 2. The van der Waals surface area contributed by atoms with Crippen LogP contribution in [0.4, 0.5) is 17.4 Å². The third-order valence-corrected chi connectivity index (χ3v) is 4.35. The number of H-pyrrole nitrogens is 1. The monoisotopic (exact) mass is 367 g/mol. The van der Waals surface area contributed by atoms with Crippen molar-refractivity contribution in [2.45, 2.75) is 0 Å². The third-order valence-electron chi connectivity index (χ3n) is 3.68. The maximum atomic E-state index is 11.8. The van der Waals surface area contributed by atoms with Gasteiger partial charge < -0.3 is 14.5 Å². The van der Waals surface area contributed by atoms with Crippen LogP contribution in [0.3, 0.4) is 0 Å². The fourth-order valence-corrected chi connectivity index (χ4v) is 3.22. The van der Waals surface area contributed by atoms with Crippen molar-refractivity contribution in [2.75, 3.05) is 16.3 Å². The Balaban J connectivity index is 1.56. The maximum absolute atomic E-state index is 11.8. The van der Waals surface area contributed by atoms with Crippen LogP contribution in [0.25, 0.3) is 22.2 Å². The van der Waals surface area contributed by atoms with E-state index in [1.165, 1.54) is 0 Å². The normalized spacial score (nSPS) is 13.4. The second-order valence-electron chi connectivity index (χ2n) is 6.01. The molecule has 0 fully saturated rings. The first-order valence-electron chi connectivity index (χ1n) is 7.83. The Morgan fingerprint density at radius 1 is 1.15 bits per heavy atom. The predicted molar refractivity (Wildman–Crippen MR) is 106 cm³/mol. The summed E-state index contributed by atoms with van der Waals surface area (Å²) in [5.41, 5.74) is 3.35. The van der Waals surface area contributed by atoms with E-state index in [-0.39, 0.29) is 0 Å². The van der Waals surface area contributed by atoms with E-state index in [1.54, 1.807) is 18.6 Å². The van der Waals surface area contributed by atoms with Crippen LogP contribution in [0.2, 0.25) is 0 Å². The highest BCUT2D eigenvalue weighted by Crippen LogP contribution is 2.27. The average Bonchev–Trinajstić information content (AvgIpc) is 3.21. The van der Waals surface area contributed by atoms with Crippen molar-refractivity contribution in [2.24, 2.45) is 0 Å². The largest absolute Gasteiger partial charge is 0.423 e. The minimum absolute atomic E-state index is 0.372. The van der Waals surface area contributed by atoms with Gasteiger partial charge in [-0.3, -0.25) is 5.10 Å². The van der Waals surface area contributed by atoms with Gasteiger partial charge in [0.05, 0.1) is 17.9 Å². The molecule has 4 aromatic rings. The number of nitrogens with zero attached hydrogens (tertiary/aromatic N) is 2. The van der Waals surface area contributed by atoms with E-state index in [0.29, 0.717) is 17.5 Å². The highest BCUT2D eigenvalue weighted by atomic mass is 32.2. The maximum Gasteiger partial charge on any atom is 0.299 e. The van der Waals surface area contributed by atoms with Crippen molar-refractivity contribution < 1.29 is 8.63 Å². The molecule has 132 valence electrons. The lowest BCUT2D eigenvalue weighted by molar-refractivity contribution is 0.592. The van der Waals surface area contributed by atoms with Gasteiger partial charge in [0.1, 0.15) is 0 Å². The summed E-state index contributed by atoms with van der Waals surface area (Å²) in [6, 6.07) is 13.6. The van der Waals surface area contributed by atoms with Gasteiger partial charge in [0.25, 0.3) is 6.01 Å². The van der Waals surface area contributed by atoms with Crippen molar-refractivity contribution in [3.8, 4) is 11.3 Å². The zero-order valence-electron chi connectivity index (χ0n) is 14.0. The Kier molecular flexibility index (Phi) is 3.89. The van der Waals surface area contributed by atoms with Crippen molar-refractivity contribution >= 4 is 43.9 Å². The smallest absolute Gasteiger partial charge is 0.299 e. The summed E-state index contributed by atoms with van der Waals surface area (Å²) in [4.78, 5) is 4.27. The molecule has 0 bridgehead atoms. The van der Waals surface area contributed by atoms with Crippen molar-refractivity contribution in [3.63, 3.8) is 0 Å². The van der Waals surface area contributed by atoms with Gasteiger partial charge in [0.2, 0.25) is 0 Å². The van der Waals surface area contributed by atoms with Crippen LogP contribution < -0.4 is 10.0 Å². The Morgan fingerprint density at radius 2 is 2.00 bits per heavy atom. The number of hydrogen-bond donors (Lipinski definition) is 3. The van der Waals surface area contributed by atoms with Crippen LogP contribution in [0, 0.1) is 0 Å². The standard InChI is InChI=1S/C18H17N5O2S/c1-26(2,24)23-15-5-3-4-14(9-15)21-18-19-11-17(25-18)12-6-7-16-13(8-12)10-20-22-16/h3-11H,1H2,2H3,(H,19,21)(H,20,22)(H,23,24). The molecule has 8 heteroatoms. The molecular weight excluding hydrogens is 350 g/mol. The van der Waals surface area contributed by atoms with Crippen LogP contribution in [-0.2, 0) is 9.71 Å². The summed E-state index contributed by atoms with van der Waals surface area (Å²) in [5.74, 6) is 4.24. The minimum Gasteiger partial charge on any atom is -0.423 e. The number of rotatable bonds is 5. The molecule has 3 N–H and O–H groups in total. The molecule has 2 aromatic carbocycles. The predicted octanol–water partition coefficient (Wildman–Crippen LogP) is 3.63. The van der Waals surface area contributed by atoms with Gasteiger partial charge in [-0.2, -0.15) is 5.10 Å². The van der Waals surface area contributed by atoms with E-state index in [2.05, 4.69) is 31.1 Å². The molecule has 0 spiro atoms. The Morgan fingerprint density at radius 3 is 2.85 bits per heavy atom. The fraction of sp³-hybridized carbons (Fsp3) is 0.0556. The molecule has 0 radical (unpaired) electrons. The van der Waals surface area contributed by atoms with Gasteiger partial charge in [-0.1, -0.05) is 6.07 Å². The number of aromatic amines is 1. The molecule has 7 nitrogen and oxygen atoms in total. The Bertz CT molecular complexity index is 1180. The van der Waals surface area contributed by atoms with Crippen molar-refractivity contribution in [1.29, 1.82) is 0 Å². The lowest BCUT2D eigenvalue weighted by Gasteiger charge is -2.09. The fourth-order valence-electron chi connectivity index (χ4n) is 2.59. The van der Waals surface area contributed by atoms with Crippen molar-refractivity contribution in [1.82, 2.24) is 15.2 Å². The Hall–Kier alpha value is -3.26. The summed E-state index contributed by atoms with van der Waals surface area (Å²) in [5, 5.41) is 11.0. The van der Waals surface area contributed by atoms with E-state index >= 15 is 0 Å². The van der Waals surface area contributed by atoms with E-state index < -0.39 is 9.71 Å². The molecule has 26 heavy (non-hydrogen) atoms. The average molecular weight is 367 g/mol. The van der Waals surface area contributed by atoms with Crippen LogP contribution >= 0.6 is 0 Å². The number of oxazole rings is 1. The van der Waals surface area contributed by atoms with Crippen LogP contribution in [0.5, 0.6) is 0 Å². The molecule has 0 aliphatic heterocycles. The molecule has 0 aliphatic carbocycles. The second-order valence-corrected chi connectivity index (χ2v) is 8.23. The van der Waals surface area contributed by atoms with Gasteiger partial charge in [-0.25, -0.2) is 9.19 Å². The summed E-state index contributed by atoms with van der Waals surface area (Å²) < 4.78 is 20.4. The number of anilines is 3. The topological polar surface area (TPSA) is 95.8 Å². The molecule has 1 atom stereocenters. The first-order valence-corrected chi connectivity index (χ1v) is 9.96. The Labute approximate surface area is 150 Å². The second kappa shape index (κ2) is 6.23. The molecule has 0 saturated heterocycles. The van der Waals surface area contributed by atoms with E-state index in [0.717, 1.165) is 22.2 Å². The molecule has 2 aromatic heterocycles. The quantitative estimate of drug-likeness (QED) is 0.468. The van der Waals surface area contributed by atoms with Gasteiger partial charge in [0, 0.05) is 38.3 Å². The molecule has 0 aliphatic rings. The van der Waals surface area contributed by atoms with Crippen molar-refractivity contribution in [3.05, 3.63) is 54.9 Å². The highest BCUT2D eigenvalue weighted by molar-refractivity contribution is 8.00. The first-order chi connectivity index (χ1) is 12.5. The van der Waals surface area contributed by atoms with E-state index in [4.69, 9.17) is 4.42 Å². The lowest BCUT2D eigenvalue weighted by Crippen LogP contribution is -2.09. The SMILES string of the molecule is C=S(C)(=O)Nc1cccc(Nc2ncc(-c3ccc4[nH]ncc4c3)o2)c1. The number of hydrogen-bond acceptors (Lipinski definition) is 5. The zero-order chi connectivity index (χ0) is 18.1. The van der Waals surface area contributed by atoms with Gasteiger partial charge in [0.15, 0.2) is 5.76 Å². The van der Waals surface area contributed by atoms with E-state index in [1.807, 2.05) is 42.5 Å². The zero-order valence-corrected chi connectivity index (χ0v) is 14.8. The molecule has 0 amide bonds. The van der Waals surface area contributed by atoms with E-state index in [9.17, 15) is 4.21 Å². The molecule has 1 unspecified atom stereocenters. The summed E-state index contributed by atoms with van der Waals surface area (Å²) >= 11 is 0. The lowest BCUT2D eigenvalue weighted by atomic mass is 10.1. The number of aromatic nitrogens is 3. The molecule has 4 rings (SSSR count). The third kappa shape index (κ3) is 3.55. The minimum atomic E-state index is -2.34. The molecular formula is C18H17N5O2S. The molecule has 2 heterocycles. The summed E-state index contributed by atoms with van der Waals surface area (Å²) in [6.07, 6.45) is 4.98. The molecule has 0 saturated carbocycles. The number of nitrogens with one attached hydrogen (secondary N) is 3. The van der Waals surface area contributed by atoms with Crippen LogP contribution in [-0.4, -0.2) is 31.5 Å².